The maximum absolute atomic E-state index is 13.3. The van der Waals surface area contributed by atoms with Gasteiger partial charge in [0.05, 0.1) is 27.6 Å². The number of carbonyl (C=O) groups is 1. The lowest BCUT2D eigenvalue weighted by Crippen LogP contribution is -2.61. The molecule has 3 saturated heterocycles. The summed E-state index contributed by atoms with van der Waals surface area (Å²) < 4.78 is 40.8. The first kappa shape index (κ1) is 44.3. The molecule has 3 aromatic carbocycles. The lowest BCUT2D eigenvalue weighted by Gasteiger charge is -2.58. The van der Waals surface area contributed by atoms with E-state index in [-0.39, 0.29) is 39.9 Å². The van der Waals surface area contributed by atoms with Crippen LogP contribution in [-0.4, -0.2) is 110 Å². The average Bonchev–Trinajstić information content (AvgIpc) is 3.25. The third-order valence-electron chi connectivity index (χ3n) is 14.4. The van der Waals surface area contributed by atoms with Crippen molar-refractivity contribution >= 4 is 33.0 Å². The Kier molecular flexibility index (Phi) is 13.2. The summed E-state index contributed by atoms with van der Waals surface area (Å²) in [5, 5.41) is 25.3. The molecular weight excluding hydrogens is 809 g/mol. The number of piperazine rings is 1. The third kappa shape index (κ3) is 10.1. The number of hydrogen-bond donors (Lipinski definition) is 3. The van der Waals surface area contributed by atoms with Gasteiger partial charge >= 0.3 is 0 Å². The second-order valence-corrected chi connectivity index (χ2v) is 20.8. The quantitative estimate of drug-likeness (QED) is 0.118. The number of nitro groups is 1. The Morgan fingerprint density at radius 2 is 1.63 bits per heavy atom. The van der Waals surface area contributed by atoms with Crippen LogP contribution in [-0.2, 0) is 14.8 Å². The molecule has 336 valence electrons. The predicted molar refractivity (Wildman–Crippen MR) is 239 cm³/mol. The number of benzene rings is 3. The zero-order chi connectivity index (χ0) is 43.6. The van der Waals surface area contributed by atoms with Crippen LogP contribution in [0.4, 0.5) is 17.1 Å². The largest absolute Gasteiger partial charge is 0.491 e. The van der Waals surface area contributed by atoms with E-state index in [2.05, 4.69) is 62.9 Å². The highest BCUT2D eigenvalue weighted by Crippen LogP contribution is 2.53. The molecule has 3 N–H and O–H groups in total. The van der Waals surface area contributed by atoms with Crippen molar-refractivity contribution in [2.24, 2.45) is 11.3 Å². The van der Waals surface area contributed by atoms with E-state index in [1.54, 1.807) is 12.1 Å². The van der Waals surface area contributed by atoms with Gasteiger partial charge in [-0.05, 0) is 139 Å². The van der Waals surface area contributed by atoms with E-state index in [0.717, 1.165) is 102 Å². The van der Waals surface area contributed by atoms with Crippen molar-refractivity contribution in [3.05, 3.63) is 88.0 Å². The minimum Gasteiger partial charge on any atom is -0.491 e. The molecule has 1 amide bonds. The highest BCUT2D eigenvalue weighted by Gasteiger charge is 2.50. The van der Waals surface area contributed by atoms with Crippen LogP contribution in [0.25, 0.3) is 0 Å². The number of amides is 1. The number of piperidine rings is 1. The zero-order valence-corrected chi connectivity index (χ0v) is 37.3. The van der Waals surface area contributed by atoms with Crippen molar-refractivity contribution in [3.8, 4) is 5.75 Å². The predicted octanol–water partition coefficient (Wildman–Crippen LogP) is 7.14. The fourth-order valence-electron chi connectivity index (χ4n) is 10.7. The number of rotatable bonds is 13. The summed E-state index contributed by atoms with van der Waals surface area (Å²) in [6.45, 7) is 13.1. The average molecular weight is 873 g/mol. The number of carbonyl (C=O) groups excluding carboxylic acids is 1. The molecule has 2 saturated carbocycles. The molecule has 1 spiro atoms. The monoisotopic (exact) mass is 872 g/mol. The SMILES string of the molecule is CC(C)Oc1ccccc1[C@H]1CN(C2CCOCC2)CCN1C1CC2(CCN(c3ccc(C(=O)NS(=O)(=O)c4ccc(NCC5CCC(C)(O)CC5)c([N+](=O)[O-])c4)cc3)CC2)C1. The lowest BCUT2D eigenvalue weighted by molar-refractivity contribution is -0.384. The van der Waals surface area contributed by atoms with Crippen molar-refractivity contribution in [1.82, 2.24) is 14.5 Å². The first-order chi connectivity index (χ1) is 29.7. The Morgan fingerprint density at radius 3 is 2.31 bits per heavy atom. The normalized spacial score (nSPS) is 25.3. The zero-order valence-electron chi connectivity index (χ0n) is 36.5. The summed E-state index contributed by atoms with van der Waals surface area (Å²) in [6, 6.07) is 20.6. The molecule has 62 heavy (non-hydrogen) atoms. The van der Waals surface area contributed by atoms with Gasteiger partial charge in [-0.3, -0.25) is 24.7 Å². The molecule has 5 aliphatic rings. The minimum atomic E-state index is -4.40. The molecule has 5 fully saturated rings. The van der Waals surface area contributed by atoms with Crippen LogP contribution in [0.5, 0.6) is 5.75 Å². The summed E-state index contributed by atoms with van der Waals surface area (Å²) in [7, 11) is -4.40. The number of nitrogens with zero attached hydrogens (tertiary/aromatic N) is 4. The lowest BCUT2D eigenvalue weighted by atomic mass is 9.59. The molecule has 15 heteroatoms. The third-order valence-corrected chi connectivity index (χ3v) is 15.7. The highest BCUT2D eigenvalue weighted by atomic mass is 32.2. The van der Waals surface area contributed by atoms with Crippen LogP contribution in [0, 0.1) is 21.4 Å². The Morgan fingerprint density at radius 1 is 0.935 bits per heavy atom. The van der Waals surface area contributed by atoms with E-state index >= 15 is 0 Å². The van der Waals surface area contributed by atoms with Crippen molar-refractivity contribution < 1.29 is 32.7 Å². The van der Waals surface area contributed by atoms with E-state index in [0.29, 0.717) is 36.9 Å². The van der Waals surface area contributed by atoms with E-state index < -0.39 is 26.5 Å². The maximum atomic E-state index is 13.3. The molecule has 0 bridgehead atoms. The summed E-state index contributed by atoms with van der Waals surface area (Å²) in [4.78, 5) is 32.0. The number of para-hydroxylation sites is 1. The van der Waals surface area contributed by atoms with Gasteiger partial charge in [-0.25, -0.2) is 13.1 Å². The van der Waals surface area contributed by atoms with E-state index in [9.17, 15) is 28.4 Å². The smallest absolute Gasteiger partial charge is 0.293 e. The first-order valence-corrected chi connectivity index (χ1v) is 24.2. The Labute approximate surface area is 366 Å². The highest BCUT2D eigenvalue weighted by molar-refractivity contribution is 7.90. The van der Waals surface area contributed by atoms with E-state index in [1.165, 1.54) is 30.5 Å². The van der Waals surface area contributed by atoms with Gasteiger partial charge in [0, 0.05) is 87.4 Å². The number of aliphatic hydroxyl groups is 1. The summed E-state index contributed by atoms with van der Waals surface area (Å²) >= 11 is 0. The van der Waals surface area contributed by atoms with Crippen LogP contribution in [0.3, 0.4) is 0 Å². The first-order valence-electron chi connectivity index (χ1n) is 22.7. The molecule has 0 unspecified atom stereocenters. The van der Waals surface area contributed by atoms with Gasteiger partial charge in [-0.15, -0.1) is 0 Å². The number of hydrogen-bond acceptors (Lipinski definition) is 12. The molecule has 3 aromatic rings. The van der Waals surface area contributed by atoms with Gasteiger partial charge in [0.2, 0.25) is 0 Å². The molecule has 8 rings (SSSR count). The van der Waals surface area contributed by atoms with Crippen LogP contribution in [0.1, 0.15) is 107 Å². The molecule has 0 radical (unpaired) electrons. The molecule has 2 aliphatic carbocycles. The van der Waals surface area contributed by atoms with Crippen LogP contribution >= 0.6 is 0 Å². The van der Waals surface area contributed by atoms with Crippen molar-refractivity contribution in [1.29, 1.82) is 0 Å². The topological polar surface area (TPSA) is 167 Å². The molecular formula is C47H64N6O8S. The van der Waals surface area contributed by atoms with Gasteiger partial charge < -0.3 is 24.8 Å². The number of sulfonamides is 1. The Hall–Kier alpha value is -4.28. The van der Waals surface area contributed by atoms with Crippen LogP contribution in [0.2, 0.25) is 0 Å². The minimum absolute atomic E-state index is 0.102. The second kappa shape index (κ2) is 18.4. The molecule has 1 atom stereocenters. The van der Waals surface area contributed by atoms with Gasteiger partial charge in [-0.2, -0.15) is 0 Å². The fourth-order valence-corrected chi connectivity index (χ4v) is 11.6. The number of nitro benzene ring substituents is 1. The standard InChI is InChI=1S/C47H64N6O8S/c1-33(2)61-44-7-5-4-6-40(44)43-32-51(37-16-26-60-27-17-37)24-25-52(43)38-29-47(30-38)20-22-50(23-21-47)36-10-8-35(9-11-36)45(54)49-62(58,59)39-12-13-41(42(28-39)53(56)57)48-31-34-14-18-46(3,55)19-15-34/h4-13,28,33-34,37-38,43,48,55H,14-27,29-32H2,1-3H3,(H,49,54)/t34?,43-,46?/m1/s1. The number of nitrogens with one attached hydrogen (secondary N) is 2. The molecule has 3 heterocycles. The Balaban J connectivity index is 0.854. The van der Waals surface area contributed by atoms with Crippen LogP contribution in [0.15, 0.2) is 71.6 Å². The summed E-state index contributed by atoms with van der Waals surface area (Å²) in [6.07, 6.45) is 9.72. The van der Waals surface area contributed by atoms with E-state index in [1.807, 2.05) is 19.1 Å². The number of anilines is 2. The van der Waals surface area contributed by atoms with Crippen molar-refractivity contribution in [3.63, 3.8) is 0 Å². The Bertz CT molecular complexity index is 2150. The number of ether oxygens (including phenoxy) is 2. The molecule has 3 aliphatic heterocycles. The van der Waals surface area contributed by atoms with Gasteiger partial charge in [0.15, 0.2) is 0 Å². The summed E-state index contributed by atoms with van der Waals surface area (Å²) in [5.41, 5.74) is 1.90. The van der Waals surface area contributed by atoms with Gasteiger partial charge in [-0.1, -0.05) is 18.2 Å². The van der Waals surface area contributed by atoms with E-state index in [4.69, 9.17) is 9.47 Å². The fraction of sp³-hybridized carbons (Fsp3) is 0.596. The van der Waals surface area contributed by atoms with Crippen LogP contribution < -0.4 is 19.7 Å². The van der Waals surface area contributed by atoms with Gasteiger partial charge in [0.1, 0.15) is 11.4 Å². The molecule has 0 aromatic heterocycles. The summed E-state index contributed by atoms with van der Waals surface area (Å²) in [5.74, 6) is 0.420. The molecule has 14 nitrogen and oxygen atoms in total. The maximum Gasteiger partial charge on any atom is 0.293 e. The van der Waals surface area contributed by atoms with Gasteiger partial charge in [0.25, 0.3) is 21.6 Å². The van der Waals surface area contributed by atoms with Crippen molar-refractivity contribution in [2.75, 3.05) is 62.7 Å². The van der Waals surface area contributed by atoms with Crippen molar-refractivity contribution in [2.45, 2.75) is 120 Å². The second-order valence-electron chi connectivity index (χ2n) is 19.1.